The van der Waals surface area contributed by atoms with Gasteiger partial charge in [0.25, 0.3) is 5.89 Å². The number of pyridine rings is 1. The molecule has 2 aromatic heterocycles. The second kappa shape index (κ2) is 5.22. The molecule has 100 valence electrons. The van der Waals surface area contributed by atoms with Crippen LogP contribution in [0, 0.1) is 0 Å². The summed E-state index contributed by atoms with van der Waals surface area (Å²) in [6.07, 6.45) is 1.53. The molecule has 0 unspecified atom stereocenters. The van der Waals surface area contributed by atoms with Crippen molar-refractivity contribution in [2.45, 2.75) is 0 Å². The summed E-state index contributed by atoms with van der Waals surface area (Å²) >= 11 is 9.15. The van der Waals surface area contributed by atoms with Crippen molar-refractivity contribution in [2.24, 2.45) is 0 Å². The number of hydrogen-bond donors (Lipinski definition) is 1. The van der Waals surface area contributed by atoms with E-state index in [0.717, 1.165) is 10.0 Å². The first-order valence-electron chi connectivity index (χ1n) is 5.64. The molecule has 0 saturated carbocycles. The molecule has 2 N–H and O–H groups in total. The van der Waals surface area contributed by atoms with Crippen molar-refractivity contribution in [3.05, 3.63) is 46.0 Å². The number of anilines is 1. The highest BCUT2D eigenvalue weighted by Gasteiger charge is 2.12. The van der Waals surface area contributed by atoms with Gasteiger partial charge in [0, 0.05) is 21.9 Å². The number of halogens is 2. The maximum atomic E-state index is 5.79. The minimum absolute atomic E-state index is 0.400. The zero-order valence-corrected chi connectivity index (χ0v) is 12.4. The third kappa shape index (κ3) is 2.52. The first kappa shape index (κ1) is 13.1. The molecule has 3 rings (SSSR count). The molecule has 2 heterocycles. The van der Waals surface area contributed by atoms with Crippen LogP contribution in [-0.4, -0.2) is 15.1 Å². The summed E-state index contributed by atoms with van der Waals surface area (Å²) in [4.78, 5) is 8.45. The number of aromatic nitrogens is 3. The Bertz CT molecular complexity index is 757. The number of nitrogens with zero attached hydrogens (tertiary/aromatic N) is 3. The van der Waals surface area contributed by atoms with E-state index in [2.05, 4.69) is 31.1 Å². The average molecular weight is 352 g/mol. The van der Waals surface area contributed by atoms with Crippen LogP contribution in [0.5, 0.6) is 0 Å². The van der Waals surface area contributed by atoms with Gasteiger partial charge in [-0.25, -0.2) is 0 Å². The topological polar surface area (TPSA) is 77.8 Å². The van der Waals surface area contributed by atoms with Crippen LogP contribution in [0.3, 0.4) is 0 Å². The first-order valence-corrected chi connectivity index (χ1v) is 6.81. The summed E-state index contributed by atoms with van der Waals surface area (Å²) in [7, 11) is 0. The van der Waals surface area contributed by atoms with E-state index >= 15 is 0 Å². The summed E-state index contributed by atoms with van der Waals surface area (Å²) in [5, 5.41) is 4.46. The van der Waals surface area contributed by atoms with Crippen LogP contribution < -0.4 is 5.73 Å². The molecule has 5 nitrogen and oxygen atoms in total. The van der Waals surface area contributed by atoms with Crippen molar-refractivity contribution in [1.82, 2.24) is 15.1 Å². The molecule has 0 bridgehead atoms. The first-order chi connectivity index (χ1) is 9.63. The van der Waals surface area contributed by atoms with Crippen molar-refractivity contribution in [3.63, 3.8) is 0 Å². The van der Waals surface area contributed by atoms with Crippen LogP contribution in [-0.2, 0) is 0 Å². The maximum absolute atomic E-state index is 5.79. The van der Waals surface area contributed by atoms with Gasteiger partial charge in [0.1, 0.15) is 5.69 Å². The predicted octanol–water partition coefficient (Wildman–Crippen LogP) is 3.80. The fourth-order valence-corrected chi connectivity index (χ4v) is 2.10. The third-order valence-electron chi connectivity index (χ3n) is 2.63. The fourth-order valence-electron chi connectivity index (χ4n) is 1.61. The molecule has 7 heteroatoms. The van der Waals surface area contributed by atoms with Gasteiger partial charge in [0.2, 0.25) is 5.82 Å². The Morgan fingerprint density at radius 3 is 2.75 bits per heavy atom. The Morgan fingerprint density at radius 1 is 1.20 bits per heavy atom. The lowest BCUT2D eigenvalue weighted by Crippen LogP contribution is -1.87. The SMILES string of the molecule is Nc1ccc(-c2nc(-c3ccc(Cl)cn3)no2)cc1Br. The van der Waals surface area contributed by atoms with Crippen LogP contribution >= 0.6 is 27.5 Å². The Balaban J connectivity index is 1.97. The number of nitrogen functional groups attached to an aromatic ring is 1. The van der Waals surface area contributed by atoms with E-state index in [9.17, 15) is 0 Å². The summed E-state index contributed by atoms with van der Waals surface area (Å²) in [5.41, 5.74) is 7.76. The molecule has 20 heavy (non-hydrogen) atoms. The van der Waals surface area contributed by atoms with Crippen molar-refractivity contribution in [1.29, 1.82) is 0 Å². The van der Waals surface area contributed by atoms with Gasteiger partial charge < -0.3 is 10.3 Å². The van der Waals surface area contributed by atoms with Crippen LogP contribution in [0.1, 0.15) is 0 Å². The summed E-state index contributed by atoms with van der Waals surface area (Å²) < 4.78 is 6.01. The Morgan fingerprint density at radius 2 is 2.05 bits per heavy atom. The van der Waals surface area contributed by atoms with Gasteiger partial charge >= 0.3 is 0 Å². The fraction of sp³-hybridized carbons (Fsp3) is 0. The molecular formula is C13H8BrClN4O. The second-order valence-electron chi connectivity index (χ2n) is 4.02. The molecule has 0 fully saturated rings. The molecule has 0 spiro atoms. The zero-order valence-electron chi connectivity index (χ0n) is 10.0. The monoisotopic (exact) mass is 350 g/mol. The number of rotatable bonds is 2. The predicted molar refractivity (Wildman–Crippen MR) is 80.1 cm³/mol. The van der Waals surface area contributed by atoms with E-state index in [-0.39, 0.29) is 0 Å². The summed E-state index contributed by atoms with van der Waals surface area (Å²) in [6, 6.07) is 8.86. The van der Waals surface area contributed by atoms with Gasteiger partial charge in [0.15, 0.2) is 0 Å². The molecule has 0 aliphatic rings. The van der Waals surface area contributed by atoms with Crippen molar-refractivity contribution in [3.8, 4) is 23.0 Å². The van der Waals surface area contributed by atoms with E-state index in [1.165, 1.54) is 6.20 Å². The molecule has 0 aliphatic carbocycles. The highest BCUT2D eigenvalue weighted by atomic mass is 79.9. The summed E-state index contributed by atoms with van der Waals surface area (Å²) in [6.45, 7) is 0. The van der Waals surface area contributed by atoms with Crippen molar-refractivity contribution >= 4 is 33.2 Å². The van der Waals surface area contributed by atoms with E-state index < -0.39 is 0 Å². The van der Waals surface area contributed by atoms with Gasteiger partial charge in [-0.15, -0.1) is 0 Å². The largest absolute Gasteiger partial charge is 0.398 e. The van der Waals surface area contributed by atoms with E-state index in [4.69, 9.17) is 21.9 Å². The van der Waals surface area contributed by atoms with Gasteiger partial charge in [0.05, 0.1) is 5.02 Å². The summed E-state index contributed by atoms with van der Waals surface area (Å²) in [5.74, 6) is 0.807. The highest BCUT2D eigenvalue weighted by molar-refractivity contribution is 9.10. The lowest BCUT2D eigenvalue weighted by molar-refractivity contribution is 0.432. The van der Waals surface area contributed by atoms with E-state index in [0.29, 0.717) is 28.1 Å². The van der Waals surface area contributed by atoms with E-state index in [1.807, 2.05) is 12.1 Å². The minimum Gasteiger partial charge on any atom is -0.398 e. The van der Waals surface area contributed by atoms with Crippen molar-refractivity contribution in [2.75, 3.05) is 5.73 Å². The smallest absolute Gasteiger partial charge is 0.258 e. The van der Waals surface area contributed by atoms with Gasteiger partial charge in [-0.05, 0) is 46.3 Å². The number of benzene rings is 1. The third-order valence-corrected chi connectivity index (χ3v) is 3.54. The van der Waals surface area contributed by atoms with Crippen molar-refractivity contribution < 1.29 is 4.52 Å². The number of nitrogens with two attached hydrogens (primary N) is 1. The zero-order chi connectivity index (χ0) is 14.1. The highest BCUT2D eigenvalue weighted by Crippen LogP contribution is 2.27. The molecule has 0 aliphatic heterocycles. The van der Waals surface area contributed by atoms with Crippen LogP contribution in [0.4, 0.5) is 5.69 Å². The quantitative estimate of drug-likeness (QED) is 0.711. The average Bonchev–Trinajstić information content (AvgIpc) is 2.92. The Kier molecular flexibility index (Phi) is 3.42. The van der Waals surface area contributed by atoms with E-state index in [1.54, 1.807) is 18.2 Å². The molecule has 0 saturated heterocycles. The minimum atomic E-state index is 0.400. The molecular weight excluding hydrogens is 344 g/mol. The molecule has 3 aromatic rings. The molecule has 0 atom stereocenters. The molecule has 0 amide bonds. The standard InChI is InChI=1S/C13H8BrClN4O/c14-9-5-7(1-3-10(9)16)13-18-12(19-20-13)11-4-2-8(15)6-17-11/h1-6H,16H2. The lowest BCUT2D eigenvalue weighted by atomic mass is 10.2. The Labute approximate surface area is 127 Å². The van der Waals surface area contributed by atoms with Gasteiger partial charge in [-0.1, -0.05) is 16.8 Å². The van der Waals surface area contributed by atoms with Crippen LogP contribution in [0.15, 0.2) is 45.5 Å². The van der Waals surface area contributed by atoms with Gasteiger partial charge in [-0.3, -0.25) is 4.98 Å². The molecule has 1 aromatic carbocycles. The Hall–Kier alpha value is -1.92. The lowest BCUT2D eigenvalue weighted by Gasteiger charge is -1.99. The maximum Gasteiger partial charge on any atom is 0.258 e. The normalized spacial score (nSPS) is 10.7. The van der Waals surface area contributed by atoms with Crippen LogP contribution in [0.2, 0.25) is 5.02 Å². The number of hydrogen-bond acceptors (Lipinski definition) is 5. The van der Waals surface area contributed by atoms with Crippen LogP contribution in [0.25, 0.3) is 23.0 Å². The molecule has 0 radical (unpaired) electrons. The van der Waals surface area contributed by atoms with Gasteiger partial charge in [-0.2, -0.15) is 4.98 Å². The second-order valence-corrected chi connectivity index (χ2v) is 5.31.